The first-order valence-electron chi connectivity index (χ1n) is 7.39. The minimum atomic E-state index is -1.88. The van der Waals surface area contributed by atoms with Crippen molar-refractivity contribution >= 4 is 27.5 Å². The van der Waals surface area contributed by atoms with Gasteiger partial charge in [-0.05, 0) is 28.3 Å². The lowest BCUT2D eigenvalue weighted by Gasteiger charge is -2.11. The Morgan fingerprint density at radius 2 is 1.11 bits per heavy atom. The summed E-state index contributed by atoms with van der Waals surface area (Å²) >= 11 is 7.95. The van der Waals surface area contributed by atoms with Gasteiger partial charge in [-0.1, -0.05) is 32.4 Å². The molecule has 0 aliphatic rings. The summed E-state index contributed by atoms with van der Waals surface area (Å²) in [7, 11) is 0. The lowest BCUT2D eigenvalue weighted by molar-refractivity contribution is 0.398. The van der Waals surface area contributed by atoms with Gasteiger partial charge in [-0.15, -0.1) is 0 Å². The Morgan fingerprint density at radius 1 is 0.704 bits per heavy atom. The van der Waals surface area contributed by atoms with E-state index in [0.717, 1.165) is 0 Å². The second-order valence-corrected chi connectivity index (χ2v) is 6.71. The average Bonchev–Trinajstić information content (AvgIpc) is 2.62. The summed E-state index contributed by atoms with van der Waals surface area (Å²) in [6.45, 7) is 4.57. The Morgan fingerprint density at radius 3 is 1.56 bits per heavy atom. The molecule has 0 unspecified atom stereocenters. The van der Waals surface area contributed by atoms with Gasteiger partial charge in [0, 0.05) is 11.1 Å². The molecule has 0 bridgehead atoms. The van der Waals surface area contributed by atoms with E-state index < -0.39 is 57.5 Å². The van der Waals surface area contributed by atoms with E-state index in [0.29, 0.717) is 0 Å². The summed E-state index contributed by atoms with van der Waals surface area (Å²) in [5.74, 6) is -13.4. The van der Waals surface area contributed by atoms with Crippen LogP contribution in [0.1, 0.15) is 37.8 Å². The Hall–Kier alpha value is -1.35. The van der Waals surface area contributed by atoms with Gasteiger partial charge in [0.1, 0.15) is 0 Å². The van der Waals surface area contributed by atoms with Crippen LogP contribution in [0.25, 0.3) is 0 Å². The van der Waals surface area contributed by atoms with Gasteiger partial charge in [0.25, 0.3) is 0 Å². The fourth-order valence-electron chi connectivity index (χ4n) is 2.09. The molecule has 0 nitrogen and oxygen atoms in total. The van der Waals surface area contributed by atoms with Crippen LogP contribution in [-0.4, -0.2) is 0 Å². The molecule has 27 heavy (non-hydrogen) atoms. The number of rotatable bonds is 2. The summed E-state index contributed by atoms with van der Waals surface area (Å²) in [6.07, 6.45) is -0.00120. The molecular formula is C17H12BrClF8. The SMILES string of the molecule is CC(C)c1c(F)c(F)c(F)c(F)c1Br.CCc1c(F)c(F)c(F)c(F)c1Cl. The average molecular weight is 484 g/mol. The molecule has 2 rings (SSSR count). The molecule has 2 aromatic carbocycles. The Labute approximate surface area is 163 Å². The molecule has 0 spiro atoms. The molecule has 150 valence electrons. The molecule has 2 aromatic rings. The van der Waals surface area contributed by atoms with Gasteiger partial charge >= 0.3 is 0 Å². The minimum absolute atomic E-state index is 0.00120. The molecule has 0 amide bonds. The second-order valence-electron chi connectivity index (χ2n) is 5.54. The summed E-state index contributed by atoms with van der Waals surface area (Å²) in [5, 5.41) is -0.695. The first-order valence-corrected chi connectivity index (χ1v) is 8.56. The van der Waals surface area contributed by atoms with Crippen molar-refractivity contribution in [1.82, 2.24) is 0 Å². The van der Waals surface area contributed by atoms with E-state index in [4.69, 9.17) is 11.6 Å². The van der Waals surface area contributed by atoms with E-state index >= 15 is 0 Å². The van der Waals surface area contributed by atoms with Crippen molar-refractivity contribution in [2.75, 3.05) is 0 Å². The van der Waals surface area contributed by atoms with Crippen LogP contribution in [-0.2, 0) is 6.42 Å². The van der Waals surface area contributed by atoms with Crippen LogP contribution in [0.15, 0.2) is 4.47 Å². The maximum Gasteiger partial charge on any atom is 0.199 e. The number of hydrogen-bond acceptors (Lipinski definition) is 0. The fraction of sp³-hybridized carbons (Fsp3) is 0.294. The molecular weight excluding hydrogens is 472 g/mol. The van der Waals surface area contributed by atoms with Gasteiger partial charge in [0.15, 0.2) is 46.5 Å². The van der Waals surface area contributed by atoms with Gasteiger partial charge in [0.05, 0.1) is 9.50 Å². The summed E-state index contributed by atoms with van der Waals surface area (Å²) < 4.78 is 102. The van der Waals surface area contributed by atoms with Crippen molar-refractivity contribution in [3.05, 3.63) is 67.2 Å². The first-order chi connectivity index (χ1) is 12.4. The van der Waals surface area contributed by atoms with Gasteiger partial charge in [-0.25, -0.2) is 35.1 Å². The standard InChI is InChI=1S/C9H7BrF4.C8H5ClF4/c1-3(2)4-5(10)7(12)9(14)8(13)6(4)11;1-2-3-4(9)6(11)8(13)7(12)5(3)10/h3H,1-2H3;2H2,1H3. The molecule has 0 aliphatic heterocycles. The van der Waals surface area contributed by atoms with Crippen LogP contribution in [0.4, 0.5) is 35.1 Å². The number of halogens is 10. The molecule has 0 radical (unpaired) electrons. The maximum absolute atomic E-state index is 13.1. The van der Waals surface area contributed by atoms with Crippen LogP contribution in [0.5, 0.6) is 0 Å². The molecule has 0 N–H and O–H groups in total. The highest BCUT2D eigenvalue weighted by atomic mass is 79.9. The van der Waals surface area contributed by atoms with E-state index in [9.17, 15) is 35.1 Å². The van der Waals surface area contributed by atoms with E-state index in [1.54, 1.807) is 13.8 Å². The molecule has 0 atom stereocenters. The van der Waals surface area contributed by atoms with Crippen molar-refractivity contribution in [1.29, 1.82) is 0 Å². The molecule has 10 heteroatoms. The van der Waals surface area contributed by atoms with Crippen LogP contribution < -0.4 is 0 Å². The van der Waals surface area contributed by atoms with Crippen LogP contribution >= 0.6 is 27.5 Å². The third-order valence-electron chi connectivity index (χ3n) is 3.48. The van der Waals surface area contributed by atoms with Crippen LogP contribution in [0, 0.1) is 46.5 Å². The zero-order valence-corrected chi connectivity index (χ0v) is 16.4. The lowest BCUT2D eigenvalue weighted by atomic mass is 10.0. The Bertz CT molecular complexity index is 809. The van der Waals surface area contributed by atoms with Crippen molar-refractivity contribution in [2.24, 2.45) is 0 Å². The Kier molecular flexibility index (Phi) is 8.10. The first kappa shape index (κ1) is 23.7. The third-order valence-corrected chi connectivity index (χ3v) is 4.64. The zero-order chi connectivity index (χ0) is 21.2. The summed E-state index contributed by atoms with van der Waals surface area (Å²) in [5.41, 5.74) is -0.542. The monoisotopic (exact) mass is 482 g/mol. The number of hydrogen-bond donors (Lipinski definition) is 0. The third kappa shape index (κ3) is 4.56. The highest BCUT2D eigenvalue weighted by molar-refractivity contribution is 9.10. The quantitative estimate of drug-likeness (QED) is 0.235. The van der Waals surface area contributed by atoms with Gasteiger partial charge in [0.2, 0.25) is 0 Å². The van der Waals surface area contributed by atoms with Gasteiger partial charge in [-0.2, -0.15) is 0 Å². The lowest BCUT2D eigenvalue weighted by Crippen LogP contribution is -2.05. The van der Waals surface area contributed by atoms with Crippen molar-refractivity contribution in [3.8, 4) is 0 Å². The topological polar surface area (TPSA) is 0 Å². The predicted molar refractivity (Wildman–Crippen MR) is 88.7 cm³/mol. The van der Waals surface area contributed by atoms with Crippen LogP contribution in [0.3, 0.4) is 0 Å². The smallest absolute Gasteiger partial charge is 0.199 e. The Balaban J connectivity index is 0.000000271. The van der Waals surface area contributed by atoms with Gasteiger partial charge < -0.3 is 0 Å². The van der Waals surface area contributed by atoms with E-state index in [-0.39, 0.29) is 22.0 Å². The highest BCUT2D eigenvalue weighted by Gasteiger charge is 2.25. The molecule has 0 heterocycles. The van der Waals surface area contributed by atoms with Crippen molar-refractivity contribution < 1.29 is 35.1 Å². The van der Waals surface area contributed by atoms with E-state index in [1.807, 2.05) is 0 Å². The molecule has 0 saturated heterocycles. The zero-order valence-electron chi connectivity index (χ0n) is 14.1. The van der Waals surface area contributed by atoms with Crippen LogP contribution in [0.2, 0.25) is 5.02 Å². The molecule has 0 aromatic heterocycles. The minimum Gasteiger partial charge on any atom is -0.203 e. The summed E-state index contributed by atoms with van der Waals surface area (Å²) in [4.78, 5) is 0. The molecule has 0 saturated carbocycles. The van der Waals surface area contributed by atoms with Gasteiger partial charge in [-0.3, -0.25) is 0 Å². The fourth-order valence-corrected chi connectivity index (χ4v) is 3.20. The normalized spacial score (nSPS) is 10.9. The highest BCUT2D eigenvalue weighted by Crippen LogP contribution is 2.33. The molecule has 0 fully saturated rings. The van der Waals surface area contributed by atoms with E-state index in [2.05, 4.69) is 15.9 Å². The predicted octanol–water partition coefficient (Wildman–Crippen LogP) is 7.59. The second kappa shape index (κ2) is 9.23. The molecule has 0 aliphatic carbocycles. The number of benzene rings is 2. The van der Waals surface area contributed by atoms with E-state index in [1.165, 1.54) is 6.92 Å². The maximum atomic E-state index is 13.1. The van der Waals surface area contributed by atoms with Crippen molar-refractivity contribution in [2.45, 2.75) is 33.1 Å². The van der Waals surface area contributed by atoms with Crippen molar-refractivity contribution in [3.63, 3.8) is 0 Å². The largest absolute Gasteiger partial charge is 0.203 e. The summed E-state index contributed by atoms with van der Waals surface area (Å²) in [6, 6.07) is 0.